The van der Waals surface area contributed by atoms with E-state index < -0.39 is 41.0 Å². The molecule has 6 nitrogen and oxygen atoms in total. The van der Waals surface area contributed by atoms with Crippen molar-refractivity contribution < 1.29 is 29.0 Å². The molecule has 0 spiro atoms. The van der Waals surface area contributed by atoms with E-state index in [2.05, 4.69) is 0 Å². The van der Waals surface area contributed by atoms with Crippen LogP contribution in [0.15, 0.2) is 0 Å². The van der Waals surface area contributed by atoms with E-state index in [1.54, 1.807) is 6.92 Å². The Bertz CT molecular complexity index is 617. The van der Waals surface area contributed by atoms with E-state index in [-0.39, 0.29) is 24.1 Å². The molecule has 0 bridgehead atoms. The average molecular weight is 395 g/mol. The summed E-state index contributed by atoms with van der Waals surface area (Å²) in [7, 11) is 0. The Morgan fingerprint density at radius 1 is 0.893 bits per heavy atom. The van der Waals surface area contributed by atoms with Crippen LogP contribution in [0, 0.1) is 35.0 Å². The molecule has 2 rings (SSSR count). The minimum absolute atomic E-state index is 0.0482. The molecule has 0 aromatic heterocycles. The van der Waals surface area contributed by atoms with Crippen LogP contribution in [0.4, 0.5) is 0 Å². The van der Waals surface area contributed by atoms with Crippen LogP contribution in [-0.2, 0) is 23.9 Å². The molecule has 5 unspecified atom stereocenters. The monoisotopic (exact) mass is 394 g/mol. The fraction of sp³-hybridized carbons (Fsp3) is 0.818. The third kappa shape index (κ3) is 5.21. The maximum Gasteiger partial charge on any atom is 0.309 e. The highest BCUT2D eigenvalue weighted by Gasteiger charge is 2.43. The maximum absolute atomic E-state index is 12.7. The Kier molecular flexibility index (Phi) is 7.40. The van der Waals surface area contributed by atoms with Crippen molar-refractivity contribution in [2.24, 2.45) is 35.0 Å². The normalized spacial score (nSPS) is 29.1. The fourth-order valence-electron chi connectivity index (χ4n) is 4.64. The van der Waals surface area contributed by atoms with Crippen LogP contribution >= 0.6 is 0 Å². The van der Waals surface area contributed by atoms with Gasteiger partial charge in [-0.25, -0.2) is 0 Å². The summed E-state index contributed by atoms with van der Waals surface area (Å²) < 4.78 is 5.43. The van der Waals surface area contributed by atoms with E-state index in [0.717, 1.165) is 19.3 Å². The van der Waals surface area contributed by atoms with E-state index in [0.29, 0.717) is 25.7 Å². The molecular formula is C22H34O6. The second-order valence-corrected chi connectivity index (χ2v) is 9.53. The standard InChI is InChI=1S/C22H34O6/c1-13(18(23)14-8-5-6-9-16(14)20(25)26)12-28-21(27)17-11-7-10-15(17)19(24)22(2,3)4/h13-17H,5-12H2,1-4H3,(H,25,26). The van der Waals surface area contributed by atoms with Crippen molar-refractivity contribution in [3.8, 4) is 0 Å². The highest BCUT2D eigenvalue weighted by Crippen LogP contribution is 2.38. The zero-order valence-electron chi connectivity index (χ0n) is 17.5. The van der Waals surface area contributed by atoms with Crippen LogP contribution in [0.25, 0.3) is 0 Å². The number of hydrogen-bond acceptors (Lipinski definition) is 5. The van der Waals surface area contributed by atoms with Gasteiger partial charge in [0.05, 0.1) is 11.8 Å². The summed E-state index contributed by atoms with van der Waals surface area (Å²) >= 11 is 0. The van der Waals surface area contributed by atoms with Gasteiger partial charge in [-0.3, -0.25) is 19.2 Å². The lowest BCUT2D eigenvalue weighted by molar-refractivity contribution is -0.156. The second kappa shape index (κ2) is 9.19. The number of hydrogen-bond donors (Lipinski definition) is 1. The van der Waals surface area contributed by atoms with Crippen molar-refractivity contribution >= 4 is 23.5 Å². The van der Waals surface area contributed by atoms with Gasteiger partial charge < -0.3 is 9.84 Å². The highest BCUT2D eigenvalue weighted by molar-refractivity contribution is 5.91. The molecule has 0 aromatic carbocycles. The zero-order chi connectivity index (χ0) is 21.1. The van der Waals surface area contributed by atoms with Gasteiger partial charge in [0.15, 0.2) is 0 Å². The van der Waals surface area contributed by atoms with Gasteiger partial charge in [0.2, 0.25) is 0 Å². The van der Waals surface area contributed by atoms with Crippen molar-refractivity contribution in [2.75, 3.05) is 6.61 Å². The predicted octanol–water partition coefficient (Wildman–Crippen LogP) is 3.66. The van der Waals surface area contributed by atoms with Gasteiger partial charge in [0, 0.05) is 23.2 Å². The Morgan fingerprint density at radius 2 is 1.43 bits per heavy atom. The first-order valence-corrected chi connectivity index (χ1v) is 10.5. The number of ether oxygens (including phenoxy) is 1. The summed E-state index contributed by atoms with van der Waals surface area (Å²) in [5.41, 5.74) is -0.496. The number of aliphatic carboxylic acids is 1. The Morgan fingerprint density at radius 3 is 2.00 bits per heavy atom. The SMILES string of the molecule is CC(COC(=O)C1CCCC1C(=O)C(C)(C)C)C(=O)C1CCCCC1C(=O)O. The van der Waals surface area contributed by atoms with Gasteiger partial charge in [0.1, 0.15) is 18.2 Å². The van der Waals surface area contributed by atoms with Crippen LogP contribution in [0.2, 0.25) is 0 Å². The number of carboxylic acid groups (broad SMARTS) is 1. The average Bonchev–Trinajstić information content (AvgIpc) is 3.13. The minimum Gasteiger partial charge on any atom is -0.481 e. The lowest BCUT2D eigenvalue weighted by Gasteiger charge is -2.29. The summed E-state index contributed by atoms with van der Waals surface area (Å²) in [5, 5.41) is 9.38. The lowest BCUT2D eigenvalue weighted by atomic mass is 9.74. The molecule has 0 amide bonds. The number of Topliss-reactive ketones (excluding diaryl/α,β-unsaturated/α-hetero) is 2. The largest absolute Gasteiger partial charge is 0.481 e. The Balaban J connectivity index is 1.93. The first-order valence-electron chi connectivity index (χ1n) is 10.5. The molecule has 158 valence electrons. The molecule has 2 aliphatic carbocycles. The van der Waals surface area contributed by atoms with Crippen LogP contribution in [0.5, 0.6) is 0 Å². The van der Waals surface area contributed by atoms with Crippen LogP contribution in [-0.4, -0.2) is 35.2 Å². The number of carbonyl (C=O) groups excluding carboxylic acids is 3. The van der Waals surface area contributed by atoms with E-state index in [4.69, 9.17) is 4.74 Å². The lowest BCUT2D eigenvalue weighted by Crippen LogP contribution is -2.38. The topological polar surface area (TPSA) is 97.7 Å². The summed E-state index contributed by atoms with van der Waals surface area (Å²) in [5.74, 6) is -3.79. The molecule has 2 saturated carbocycles. The Hall–Kier alpha value is -1.72. The molecule has 1 N–H and O–H groups in total. The molecule has 2 aliphatic rings. The third-order valence-electron chi connectivity index (χ3n) is 6.30. The summed E-state index contributed by atoms with van der Waals surface area (Å²) in [6.07, 6.45) is 4.95. The van der Waals surface area contributed by atoms with E-state index in [1.165, 1.54) is 0 Å². The number of carboxylic acids is 1. The van der Waals surface area contributed by atoms with E-state index in [9.17, 15) is 24.3 Å². The summed E-state index contributed by atoms with van der Waals surface area (Å²) in [6, 6.07) is 0. The van der Waals surface area contributed by atoms with Gasteiger partial charge in [-0.05, 0) is 25.7 Å². The maximum atomic E-state index is 12.7. The number of rotatable bonds is 7. The molecule has 2 fully saturated rings. The van der Waals surface area contributed by atoms with Gasteiger partial charge in [0.25, 0.3) is 0 Å². The molecule has 0 heterocycles. The molecule has 0 saturated heterocycles. The van der Waals surface area contributed by atoms with E-state index in [1.807, 2.05) is 20.8 Å². The van der Waals surface area contributed by atoms with Crippen LogP contribution < -0.4 is 0 Å². The van der Waals surface area contributed by atoms with Gasteiger partial charge >= 0.3 is 11.9 Å². The minimum atomic E-state index is -0.920. The first kappa shape index (κ1) is 22.6. The van der Waals surface area contributed by atoms with Crippen LogP contribution in [0.1, 0.15) is 72.6 Å². The number of ketones is 2. The molecule has 0 aromatic rings. The smallest absolute Gasteiger partial charge is 0.309 e. The number of carbonyl (C=O) groups is 4. The fourth-order valence-corrected chi connectivity index (χ4v) is 4.64. The second-order valence-electron chi connectivity index (χ2n) is 9.53. The Labute approximate surface area is 167 Å². The van der Waals surface area contributed by atoms with Gasteiger partial charge in [-0.15, -0.1) is 0 Å². The molecule has 0 aliphatic heterocycles. The van der Waals surface area contributed by atoms with Crippen molar-refractivity contribution in [3.05, 3.63) is 0 Å². The molecule has 6 heteroatoms. The van der Waals surface area contributed by atoms with Gasteiger partial charge in [-0.2, -0.15) is 0 Å². The predicted molar refractivity (Wildman–Crippen MR) is 104 cm³/mol. The summed E-state index contributed by atoms with van der Waals surface area (Å²) in [4.78, 5) is 49.4. The molecule has 28 heavy (non-hydrogen) atoms. The quantitative estimate of drug-likeness (QED) is 0.662. The zero-order valence-corrected chi connectivity index (χ0v) is 17.5. The first-order chi connectivity index (χ1) is 13.0. The van der Waals surface area contributed by atoms with E-state index >= 15 is 0 Å². The molecule has 5 atom stereocenters. The number of esters is 1. The van der Waals surface area contributed by atoms with Crippen molar-refractivity contribution in [2.45, 2.75) is 72.6 Å². The van der Waals surface area contributed by atoms with Crippen molar-refractivity contribution in [1.29, 1.82) is 0 Å². The van der Waals surface area contributed by atoms with Crippen molar-refractivity contribution in [3.63, 3.8) is 0 Å². The highest BCUT2D eigenvalue weighted by atomic mass is 16.5. The van der Waals surface area contributed by atoms with Crippen molar-refractivity contribution in [1.82, 2.24) is 0 Å². The third-order valence-corrected chi connectivity index (χ3v) is 6.30. The van der Waals surface area contributed by atoms with Crippen LogP contribution in [0.3, 0.4) is 0 Å². The van der Waals surface area contributed by atoms with Gasteiger partial charge in [-0.1, -0.05) is 47.0 Å². The summed E-state index contributed by atoms with van der Waals surface area (Å²) in [6.45, 7) is 7.22. The molecular weight excluding hydrogens is 360 g/mol. The molecule has 0 radical (unpaired) electrons.